The molecule has 0 saturated heterocycles. The maximum Gasteiger partial charge on any atom is 0.0934 e. The Morgan fingerprint density at radius 3 is 2.63 bits per heavy atom. The molecule has 2 rings (SSSR count). The first-order valence-electron chi connectivity index (χ1n) is 6.56. The lowest BCUT2D eigenvalue weighted by atomic mass is 9.96. The van der Waals surface area contributed by atoms with Crippen molar-refractivity contribution in [3.05, 3.63) is 50.9 Å². The van der Waals surface area contributed by atoms with Crippen molar-refractivity contribution < 1.29 is 0 Å². The largest absolute Gasteiger partial charge is 0.316 e. The summed E-state index contributed by atoms with van der Waals surface area (Å²) in [5, 5.41) is 7.54. The molecule has 1 heterocycles. The van der Waals surface area contributed by atoms with Crippen molar-refractivity contribution in [3.63, 3.8) is 0 Å². The van der Waals surface area contributed by atoms with Crippen LogP contribution in [0.2, 0.25) is 5.02 Å². The van der Waals surface area contributed by atoms with E-state index in [1.165, 1.54) is 10.6 Å². The molecule has 102 valence electrons. The van der Waals surface area contributed by atoms with Crippen molar-refractivity contribution >= 4 is 22.9 Å². The van der Waals surface area contributed by atoms with Gasteiger partial charge in [0.2, 0.25) is 0 Å². The number of nitrogens with one attached hydrogen (secondary N) is 1. The van der Waals surface area contributed by atoms with Gasteiger partial charge in [-0.15, -0.1) is 11.3 Å². The van der Waals surface area contributed by atoms with Crippen LogP contribution in [0.4, 0.5) is 0 Å². The van der Waals surface area contributed by atoms with Gasteiger partial charge in [0.1, 0.15) is 0 Å². The van der Waals surface area contributed by atoms with Gasteiger partial charge >= 0.3 is 0 Å². The predicted molar refractivity (Wildman–Crippen MR) is 83.3 cm³/mol. The molecule has 0 radical (unpaired) electrons. The van der Waals surface area contributed by atoms with Crippen molar-refractivity contribution in [2.75, 3.05) is 13.1 Å². The minimum Gasteiger partial charge on any atom is -0.316 e. The molecule has 1 N–H and O–H groups in total. The summed E-state index contributed by atoms with van der Waals surface area (Å²) in [7, 11) is 0. The third kappa shape index (κ3) is 4.30. The van der Waals surface area contributed by atoms with Crippen LogP contribution >= 0.6 is 22.9 Å². The Labute approximate surface area is 123 Å². The van der Waals surface area contributed by atoms with E-state index in [1.807, 2.05) is 19.1 Å². The van der Waals surface area contributed by atoms with E-state index in [1.54, 1.807) is 11.3 Å². The number of nitrogens with zero attached hydrogens (tertiary/aromatic N) is 1. The molecule has 4 heteroatoms. The van der Waals surface area contributed by atoms with Gasteiger partial charge in [0.15, 0.2) is 0 Å². The monoisotopic (exact) mass is 294 g/mol. The molecule has 1 atom stereocenters. The fourth-order valence-corrected chi connectivity index (χ4v) is 3.05. The zero-order valence-electron chi connectivity index (χ0n) is 11.3. The molecular weight excluding hydrogens is 276 g/mol. The lowest BCUT2D eigenvalue weighted by molar-refractivity contribution is 0.593. The standard InChI is InChI=1S/C15H19ClN2S/c1-3-17-9-13(8-15-18-11(2)10-19-15)12-4-6-14(16)7-5-12/h4-7,10,13,17H,3,8-9H2,1-2H3. The zero-order chi connectivity index (χ0) is 13.7. The van der Waals surface area contributed by atoms with E-state index >= 15 is 0 Å². The maximum absolute atomic E-state index is 5.96. The highest BCUT2D eigenvalue weighted by molar-refractivity contribution is 7.09. The van der Waals surface area contributed by atoms with Crippen LogP contribution in [0.5, 0.6) is 0 Å². The summed E-state index contributed by atoms with van der Waals surface area (Å²) in [5.41, 5.74) is 2.43. The molecule has 0 aliphatic carbocycles. The van der Waals surface area contributed by atoms with Crippen molar-refractivity contribution in [1.82, 2.24) is 10.3 Å². The molecule has 0 aliphatic rings. The highest BCUT2D eigenvalue weighted by atomic mass is 35.5. The van der Waals surface area contributed by atoms with Crippen LogP contribution in [0, 0.1) is 6.92 Å². The van der Waals surface area contributed by atoms with Crippen LogP contribution < -0.4 is 5.32 Å². The van der Waals surface area contributed by atoms with E-state index in [0.717, 1.165) is 30.2 Å². The molecule has 1 aromatic carbocycles. The predicted octanol–water partition coefficient (Wildman–Crippen LogP) is 4.04. The van der Waals surface area contributed by atoms with Gasteiger partial charge in [-0.3, -0.25) is 0 Å². The van der Waals surface area contributed by atoms with E-state index in [2.05, 4.69) is 34.7 Å². The van der Waals surface area contributed by atoms with Crippen LogP contribution in [-0.4, -0.2) is 18.1 Å². The lowest BCUT2D eigenvalue weighted by Gasteiger charge is -2.16. The number of benzene rings is 1. The fraction of sp³-hybridized carbons (Fsp3) is 0.400. The van der Waals surface area contributed by atoms with Crippen LogP contribution in [0.25, 0.3) is 0 Å². The normalized spacial score (nSPS) is 12.6. The van der Waals surface area contributed by atoms with Gasteiger partial charge in [0, 0.05) is 35.0 Å². The van der Waals surface area contributed by atoms with Crippen LogP contribution in [-0.2, 0) is 6.42 Å². The first-order chi connectivity index (χ1) is 9.19. The Morgan fingerprint density at radius 2 is 2.05 bits per heavy atom. The number of aryl methyl sites for hydroxylation is 1. The highest BCUT2D eigenvalue weighted by Crippen LogP contribution is 2.23. The zero-order valence-corrected chi connectivity index (χ0v) is 12.9. The second-order valence-electron chi connectivity index (χ2n) is 4.64. The van der Waals surface area contributed by atoms with Crippen LogP contribution in [0.3, 0.4) is 0 Å². The minimum absolute atomic E-state index is 0.447. The van der Waals surface area contributed by atoms with Gasteiger partial charge in [0.25, 0.3) is 0 Å². The second kappa shape index (κ2) is 7.04. The molecule has 2 aromatic rings. The summed E-state index contributed by atoms with van der Waals surface area (Å²) in [6, 6.07) is 8.15. The summed E-state index contributed by atoms with van der Waals surface area (Å²) < 4.78 is 0. The third-order valence-corrected chi connectivity index (χ3v) is 4.31. The maximum atomic E-state index is 5.96. The van der Waals surface area contributed by atoms with Gasteiger partial charge in [0.05, 0.1) is 5.01 Å². The van der Waals surface area contributed by atoms with Gasteiger partial charge in [-0.1, -0.05) is 30.7 Å². The van der Waals surface area contributed by atoms with Crippen LogP contribution in [0.1, 0.15) is 29.1 Å². The van der Waals surface area contributed by atoms with E-state index < -0.39 is 0 Å². The van der Waals surface area contributed by atoms with Gasteiger partial charge in [-0.2, -0.15) is 0 Å². The number of aromatic nitrogens is 1. The summed E-state index contributed by atoms with van der Waals surface area (Å²) in [4.78, 5) is 4.57. The number of hydrogen-bond donors (Lipinski definition) is 1. The number of halogens is 1. The Morgan fingerprint density at radius 1 is 1.32 bits per heavy atom. The minimum atomic E-state index is 0.447. The van der Waals surface area contributed by atoms with E-state index in [9.17, 15) is 0 Å². The molecule has 0 bridgehead atoms. The third-order valence-electron chi connectivity index (χ3n) is 3.07. The Kier molecular flexibility index (Phi) is 5.37. The van der Waals surface area contributed by atoms with Crippen molar-refractivity contribution in [1.29, 1.82) is 0 Å². The smallest absolute Gasteiger partial charge is 0.0934 e. The molecule has 0 aliphatic heterocycles. The molecule has 0 saturated carbocycles. The van der Waals surface area contributed by atoms with Crippen LogP contribution in [0.15, 0.2) is 29.6 Å². The molecule has 2 nitrogen and oxygen atoms in total. The van der Waals surface area contributed by atoms with E-state index in [4.69, 9.17) is 11.6 Å². The second-order valence-corrected chi connectivity index (χ2v) is 6.02. The van der Waals surface area contributed by atoms with Crippen molar-refractivity contribution in [2.45, 2.75) is 26.2 Å². The number of hydrogen-bond acceptors (Lipinski definition) is 3. The fourth-order valence-electron chi connectivity index (χ4n) is 2.07. The summed E-state index contributed by atoms with van der Waals surface area (Å²) >= 11 is 7.70. The summed E-state index contributed by atoms with van der Waals surface area (Å²) in [6.45, 7) is 6.13. The molecule has 1 aromatic heterocycles. The number of thiazole rings is 1. The lowest BCUT2D eigenvalue weighted by Crippen LogP contribution is -2.22. The van der Waals surface area contributed by atoms with Crippen molar-refractivity contribution in [2.24, 2.45) is 0 Å². The van der Waals surface area contributed by atoms with Gasteiger partial charge in [-0.05, 0) is 31.2 Å². The summed E-state index contributed by atoms with van der Waals surface area (Å²) in [6.07, 6.45) is 0.979. The Hall–Kier alpha value is -0.900. The quantitative estimate of drug-likeness (QED) is 0.870. The molecule has 19 heavy (non-hydrogen) atoms. The summed E-state index contributed by atoms with van der Waals surface area (Å²) in [5.74, 6) is 0.447. The molecule has 1 unspecified atom stereocenters. The highest BCUT2D eigenvalue weighted by Gasteiger charge is 2.14. The molecule has 0 amide bonds. The van der Waals surface area contributed by atoms with Crippen molar-refractivity contribution in [3.8, 4) is 0 Å². The Bertz CT molecular complexity index is 507. The van der Waals surface area contributed by atoms with E-state index in [0.29, 0.717) is 5.92 Å². The molecule has 0 fully saturated rings. The first-order valence-corrected chi connectivity index (χ1v) is 7.82. The number of rotatable bonds is 6. The van der Waals surface area contributed by atoms with Gasteiger partial charge in [-0.25, -0.2) is 4.98 Å². The average Bonchev–Trinajstić information content (AvgIpc) is 2.81. The van der Waals surface area contributed by atoms with E-state index in [-0.39, 0.29) is 0 Å². The first kappa shape index (κ1) is 14.5. The Balaban J connectivity index is 2.13. The SMILES string of the molecule is CCNCC(Cc1nc(C)cs1)c1ccc(Cl)cc1. The van der Waals surface area contributed by atoms with Gasteiger partial charge < -0.3 is 5.32 Å². The topological polar surface area (TPSA) is 24.9 Å². The number of likely N-dealkylation sites (N-methyl/N-ethyl adjacent to an activating group) is 1. The molecule has 0 spiro atoms. The average molecular weight is 295 g/mol. The molecular formula is C15H19ClN2S.